The highest BCUT2D eigenvalue weighted by atomic mass is 15.2. The molecular formula is C18H30N2. The molecule has 0 bridgehead atoms. The van der Waals surface area contributed by atoms with E-state index in [2.05, 4.69) is 43.9 Å². The summed E-state index contributed by atoms with van der Waals surface area (Å²) >= 11 is 0. The van der Waals surface area contributed by atoms with Gasteiger partial charge in [-0.25, -0.2) is 0 Å². The van der Waals surface area contributed by atoms with Crippen molar-refractivity contribution in [1.82, 2.24) is 4.90 Å². The molecule has 2 N–H and O–H groups in total. The van der Waals surface area contributed by atoms with Gasteiger partial charge in [0.05, 0.1) is 0 Å². The number of hydrogen-bond donors (Lipinski definition) is 1. The van der Waals surface area contributed by atoms with Crippen LogP contribution in [0.2, 0.25) is 0 Å². The van der Waals surface area contributed by atoms with E-state index in [4.69, 9.17) is 5.73 Å². The van der Waals surface area contributed by atoms with Crippen molar-refractivity contribution in [2.24, 2.45) is 11.7 Å². The summed E-state index contributed by atoms with van der Waals surface area (Å²) in [6.07, 6.45) is 5.13. The van der Waals surface area contributed by atoms with Crippen molar-refractivity contribution in [3.05, 3.63) is 34.9 Å². The van der Waals surface area contributed by atoms with Crippen LogP contribution in [0.5, 0.6) is 0 Å². The Balaban J connectivity index is 2.37. The highest BCUT2D eigenvalue weighted by Gasteiger charge is 2.30. The zero-order valence-electron chi connectivity index (χ0n) is 13.4. The van der Waals surface area contributed by atoms with Crippen LogP contribution in [-0.2, 0) is 0 Å². The summed E-state index contributed by atoms with van der Waals surface area (Å²) in [5.41, 5.74) is 10.4. The Kier molecular flexibility index (Phi) is 5.62. The van der Waals surface area contributed by atoms with E-state index < -0.39 is 0 Å². The van der Waals surface area contributed by atoms with Gasteiger partial charge in [0.1, 0.15) is 0 Å². The molecular weight excluding hydrogens is 244 g/mol. The first kappa shape index (κ1) is 15.5. The van der Waals surface area contributed by atoms with E-state index in [9.17, 15) is 0 Å². The van der Waals surface area contributed by atoms with Gasteiger partial charge in [-0.3, -0.25) is 4.90 Å². The van der Waals surface area contributed by atoms with E-state index in [1.54, 1.807) is 0 Å². The van der Waals surface area contributed by atoms with E-state index in [-0.39, 0.29) is 0 Å². The molecule has 0 saturated carbocycles. The number of nitrogens with two attached hydrogens (primary N) is 1. The lowest BCUT2D eigenvalue weighted by atomic mass is 9.86. The molecule has 0 aliphatic carbocycles. The number of rotatable bonds is 4. The molecule has 2 unspecified atom stereocenters. The molecule has 0 aromatic heterocycles. The first-order valence-electron chi connectivity index (χ1n) is 8.18. The van der Waals surface area contributed by atoms with Crippen LogP contribution in [0, 0.1) is 19.8 Å². The van der Waals surface area contributed by atoms with E-state index in [1.165, 1.54) is 55.5 Å². The topological polar surface area (TPSA) is 29.3 Å². The molecule has 0 amide bonds. The van der Waals surface area contributed by atoms with Crippen LogP contribution < -0.4 is 5.73 Å². The summed E-state index contributed by atoms with van der Waals surface area (Å²) < 4.78 is 0. The third kappa shape index (κ3) is 3.42. The normalized spacial score (nSPS) is 24.6. The Hall–Kier alpha value is -0.860. The predicted molar refractivity (Wildman–Crippen MR) is 86.9 cm³/mol. The lowest BCUT2D eigenvalue weighted by molar-refractivity contribution is 0.158. The Morgan fingerprint density at radius 1 is 1.25 bits per heavy atom. The van der Waals surface area contributed by atoms with E-state index in [1.807, 2.05) is 0 Å². The van der Waals surface area contributed by atoms with Crippen molar-refractivity contribution in [2.45, 2.75) is 52.5 Å². The van der Waals surface area contributed by atoms with Gasteiger partial charge in [0, 0.05) is 6.04 Å². The minimum absolute atomic E-state index is 0.517. The lowest BCUT2D eigenvalue weighted by Crippen LogP contribution is -2.36. The van der Waals surface area contributed by atoms with Gasteiger partial charge < -0.3 is 5.73 Å². The van der Waals surface area contributed by atoms with Crippen LogP contribution in [0.1, 0.15) is 55.3 Å². The minimum atomic E-state index is 0.517. The van der Waals surface area contributed by atoms with Crippen molar-refractivity contribution >= 4 is 0 Å². The summed E-state index contributed by atoms with van der Waals surface area (Å²) in [5, 5.41) is 0. The molecule has 1 fully saturated rings. The second kappa shape index (κ2) is 7.24. The molecule has 1 aliphatic heterocycles. The maximum absolute atomic E-state index is 6.11. The fraction of sp³-hybridized carbons (Fsp3) is 0.667. The number of nitrogens with zero attached hydrogens (tertiary/aromatic N) is 1. The van der Waals surface area contributed by atoms with Gasteiger partial charge in [0.15, 0.2) is 0 Å². The summed E-state index contributed by atoms with van der Waals surface area (Å²) in [6, 6.07) is 7.43. The van der Waals surface area contributed by atoms with Gasteiger partial charge in [-0.15, -0.1) is 0 Å². The Morgan fingerprint density at radius 2 is 2.05 bits per heavy atom. The lowest BCUT2D eigenvalue weighted by Gasteiger charge is -2.36. The Morgan fingerprint density at radius 3 is 2.70 bits per heavy atom. The summed E-state index contributed by atoms with van der Waals surface area (Å²) in [7, 11) is 0. The van der Waals surface area contributed by atoms with Gasteiger partial charge in [-0.05, 0) is 69.8 Å². The van der Waals surface area contributed by atoms with Crippen LogP contribution >= 0.6 is 0 Å². The molecule has 1 aromatic carbocycles. The van der Waals surface area contributed by atoms with Gasteiger partial charge >= 0.3 is 0 Å². The van der Waals surface area contributed by atoms with E-state index in [0.29, 0.717) is 12.0 Å². The van der Waals surface area contributed by atoms with Crippen LogP contribution in [-0.4, -0.2) is 24.5 Å². The van der Waals surface area contributed by atoms with E-state index in [0.717, 1.165) is 6.54 Å². The number of benzene rings is 1. The largest absolute Gasteiger partial charge is 0.330 e. The number of aryl methyl sites for hydroxylation is 2. The Labute approximate surface area is 124 Å². The van der Waals surface area contributed by atoms with Crippen molar-refractivity contribution in [2.75, 3.05) is 19.6 Å². The number of likely N-dealkylation sites (tertiary alicyclic amines) is 1. The summed E-state index contributed by atoms with van der Waals surface area (Å²) in [5.74, 6) is 0.602. The van der Waals surface area contributed by atoms with Gasteiger partial charge in [-0.1, -0.05) is 37.1 Å². The maximum atomic E-state index is 6.11. The van der Waals surface area contributed by atoms with Crippen LogP contribution in [0.25, 0.3) is 0 Å². The fourth-order valence-electron chi connectivity index (χ4n) is 3.71. The van der Waals surface area contributed by atoms with Crippen molar-refractivity contribution in [3.8, 4) is 0 Å². The SMILES string of the molecule is CCCN1CCCCC(CN)C1c1ccc(C)cc1C. The first-order valence-corrected chi connectivity index (χ1v) is 8.18. The maximum Gasteiger partial charge on any atom is 0.0390 e. The first-order chi connectivity index (χ1) is 9.67. The second-order valence-corrected chi connectivity index (χ2v) is 6.33. The molecule has 1 heterocycles. The van der Waals surface area contributed by atoms with Gasteiger partial charge in [-0.2, -0.15) is 0 Å². The molecule has 1 aromatic rings. The monoisotopic (exact) mass is 274 g/mol. The Bertz CT molecular complexity index is 427. The molecule has 1 saturated heterocycles. The molecule has 0 radical (unpaired) electrons. The van der Waals surface area contributed by atoms with Gasteiger partial charge in [0.25, 0.3) is 0 Å². The van der Waals surface area contributed by atoms with Crippen LogP contribution in [0.4, 0.5) is 0 Å². The zero-order valence-corrected chi connectivity index (χ0v) is 13.4. The van der Waals surface area contributed by atoms with Crippen LogP contribution in [0.15, 0.2) is 18.2 Å². The molecule has 112 valence electrons. The highest BCUT2D eigenvalue weighted by molar-refractivity contribution is 5.33. The van der Waals surface area contributed by atoms with E-state index >= 15 is 0 Å². The fourth-order valence-corrected chi connectivity index (χ4v) is 3.71. The predicted octanol–water partition coefficient (Wildman–Crippen LogP) is 3.82. The standard InChI is InChI=1S/C18H30N2/c1-4-10-20-11-6-5-7-16(13-19)18(20)17-9-8-14(2)12-15(17)3/h8-9,12,16,18H,4-7,10-11,13,19H2,1-3H3. The highest BCUT2D eigenvalue weighted by Crippen LogP contribution is 2.36. The average molecular weight is 274 g/mol. The van der Waals surface area contributed by atoms with Crippen molar-refractivity contribution < 1.29 is 0 Å². The number of hydrogen-bond acceptors (Lipinski definition) is 2. The minimum Gasteiger partial charge on any atom is -0.330 e. The molecule has 2 atom stereocenters. The second-order valence-electron chi connectivity index (χ2n) is 6.33. The molecule has 2 rings (SSSR count). The molecule has 1 aliphatic rings. The summed E-state index contributed by atoms with van der Waals surface area (Å²) in [4.78, 5) is 2.68. The molecule has 2 nitrogen and oxygen atoms in total. The third-order valence-electron chi connectivity index (χ3n) is 4.67. The van der Waals surface area contributed by atoms with Crippen molar-refractivity contribution in [3.63, 3.8) is 0 Å². The van der Waals surface area contributed by atoms with Crippen molar-refractivity contribution in [1.29, 1.82) is 0 Å². The molecule has 2 heteroatoms. The molecule has 20 heavy (non-hydrogen) atoms. The quantitative estimate of drug-likeness (QED) is 0.904. The third-order valence-corrected chi connectivity index (χ3v) is 4.67. The molecule has 0 spiro atoms. The zero-order chi connectivity index (χ0) is 14.5. The van der Waals surface area contributed by atoms with Gasteiger partial charge in [0.2, 0.25) is 0 Å². The summed E-state index contributed by atoms with van der Waals surface area (Å²) in [6.45, 7) is 9.93. The smallest absolute Gasteiger partial charge is 0.0390 e. The average Bonchev–Trinajstić information content (AvgIpc) is 2.62. The van der Waals surface area contributed by atoms with Crippen LogP contribution in [0.3, 0.4) is 0 Å².